The van der Waals surface area contributed by atoms with Gasteiger partial charge in [-0.2, -0.15) is 0 Å². The molecule has 1 N–H and O–H groups in total. The Kier molecular flexibility index (Phi) is 2.70. The Hall–Kier alpha value is -1.22. The highest BCUT2D eigenvalue weighted by molar-refractivity contribution is 5.45. The summed E-state index contributed by atoms with van der Waals surface area (Å²) in [5, 5.41) is 3.59. The molecule has 1 fully saturated rings. The highest BCUT2D eigenvalue weighted by atomic mass is 16.7. The fourth-order valence-electron chi connectivity index (χ4n) is 2.44. The van der Waals surface area contributed by atoms with Crippen LogP contribution < -0.4 is 14.8 Å². The zero-order chi connectivity index (χ0) is 10.8. The molecule has 16 heavy (non-hydrogen) atoms. The number of ether oxygens (including phenoxy) is 2. The van der Waals surface area contributed by atoms with Crippen molar-refractivity contribution in [2.45, 2.75) is 31.7 Å². The highest BCUT2D eigenvalue weighted by Gasteiger charge is 2.18. The number of hydrogen-bond acceptors (Lipinski definition) is 3. The lowest BCUT2D eigenvalue weighted by molar-refractivity contribution is 0.174. The number of nitrogens with one attached hydrogen (secondary N) is 1. The molecule has 0 saturated carbocycles. The van der Waals surface area contributed by atoms with Crippen LogP contribution in [-0.4, -0.2) is 13.3 Å². The van der Waals surface area contributed by atoms with Crippen molar-refractivity contribution in [3.8, 4) is 11.5 Å². The number of hydrogen-bond donors (Lipinski definition) is 1. The lowest BCUT2D eigenvalue weighted by atomic mass is 10.0. The second-order valence-corrected chi connectivity index (χ2v) is 4.47. The smallest absolute Gasteiger partial charge is 0.231 e. The summed E-state index contributed by atoms with van der Waals surface area (Å²) in [4.78, 5) is 0. The van der Waals surface area contributed by atoms with Crippen LogP contribution in [0.5, 0.6) is 11.5 Å². The summed E-state index contributed by atoms with van der Waals surface area (Å²) >= 11 is 0. The normalized spacial score (nSPS) is 24.1. The van der Waals surface area contributed by atoms with Crippen LogP contribution in [0.25, 0.3) is 0 Å². The van der Waals surface area contributed by atoms with Gasteiger partial charge in [-0.1, -0.05) is 18.9 Å². The first-order valence-electron chi connectivity index (χ1n) is 6.06. The van der Waals surface area contributed by atoms with E-state index in [9.17, 15) is 0 Å². The third-order valence-electron chi connectivity index (χ3n) is 3.36. The summed E-state index contributed by atoms with van der Waals surface area (Å²) in [7, 11) is 0. The van der Waals surface area contributed by atoms with E-state index >= 15 is 0 Å². The minimum Gasteiger partial charge on any atom is -0.454 e. The lowest BCUT2D eigenvalue weighted by Gasteiger charge is -2.16. The Morgan fingerprint density at radius 3 is 3.00 bits per heavy atom. The van der Waals surface area contributed by atoms with Crippen molar-refractivity contribution >= 4 is 0 Å². The molecule has 0 bridgehead atoms. The molecule has 1 atom stereocenters. The Morgan fingerprint density at radius 2 is 2.00 bits per heavy atom. The van der Waals surface area contributed by atoms with Crippen molar-refractivity contribution in [1.82, 2.24) is 5.32 Å². The van der Waals surface area contributed by atoms with Crippen LogP contribution in [0.3, 0.4) is 0 Å². The summed E-state index contributed by atoms with van der Waals surface area (Å²) in [6.07, 6.45) is 5.17. The monoisotopic (exact) mass is 219 g/mol. The predicted octanol–water partition coefficient (Wildman–Crippen LogP) is 2.62. The molecule has 2 aliphatic heterocycles. The van der Waals surface area contributed by atoms with Gasteiger partial charge in [0.1, 0.15) is 0 Å². The van der Waals surface area contributed by atoms with Crippen LogP contribution in [0, 0.1) is 0 Å². The van der Waals surface area contributed by atoms with Crippen LogP contribution in [0.2, 0.25) is 0 Å². The average Bonchev–Trinajstić information content (AvgIpc) is 2.61. The molecule has 2 aliphatic rings. The van der Waals surface area contributed by atoms with Gasteiger partial charge in [0.25, 0.3) is 0 Å². The lowest BCUT2D eigenvalue weighted by Crippen LogP contribution is -2.20. The van der Waals surface area contributed by atoms with Crippen LogP contribution in [0.15, 0.2) is 18.2 Å². The average molecular weight is 219 g/mol. The number of benzene rings is 1. The maximum absolute atomic E-state index is 5.41. The van der Waals surface area contributed by atoms with E-state index in [2.05, 4.69) is 17.4 Å². The predicted molar refractivity (Wildman–Crippen MR) is 61.8 cm³/mol. The Morgan fingerprint density at radius 1 is 1.06 bits per heavy atom. The molecule has 0 aromatic heterocycles. The molecule has 2 heterocycles. The van der Waals surface area contributed by atoms with Crippen molar-refractivity contribution in [2.75, 3.05) is 13.3 Å². The van der Waals surface area contributed by atoms with Gasteiger partial charge < -0.3 is 14.8 Å². The van der Waals surface area contributed by atoms with Crippen molar-refractivity contribution in [3.63, 3.8) is 0 Å². The topological polar surface area (TPSA) is 30.5 Å². The van der Waals surface area contributed by atoms with E-state index in [-0.39, 0.29) is 0 Å². The third kappa shape index (κ3) is 1.87. The molecule has 0 aliphatic carbocycles. The van der Waals surface area contributed by atoms with Gasteiger partial charge in [-0.3, -0.25) is 0 Å². The van der Waals surface area contributed by atoms with Gasteiger partial charge in [0, 0.05) is 6.04 Å². The quantitative estimate of drug-likeness (QED) is 0.787. The zero-order valence-electron chi connectivity index (χ0n) is 9.37. The minimum atomic E-state index is 0.358. The fraction of sp³-hybridized carbons (Fsp3) is 0.538. The van der Waals surface area contributed by atoms with Gasteiger partial charge in [0.2, 0.25) is 6.79 Å². The van der Waals surface area contributed by atoms with Crippen LogP contribution in [-0.2, 0) is 0 Å². The van der Waals surface area contributed by atoms with E-state index in [0.29, 0.717) is 12.8 Å². The summed E-state index contributed by atoms with van der Waals surface area (Å²) in [5.41, 5.74) is 1.33. The Labute approximate surface area is 95.8 Å². The molecular weight excluding hydrogens is 202 g/mol. The number of fused-ring (bicyclic) bond motifs is 1. The maximum atomic E-state index is 5.41. The van der Waals surface area contributed by atoms with Crippen molar-refractivity contribution in [3.05, 3.63) is 23.8 Å². The molecule has 0 radical (unpaired) electrons. The van der Waals surface area contributed by atoms with Gasteiger partial charge in [-0.25, -0.2) is 0 Å². The first kappa shape index (κ1) is 9.97. The van der Waals surface area contributed by atoms with Crippen LogP contribution in [0.4, 0.5) is 0 Å². The van der Waals surface area contributed by atoms with Gasteiger partial charge in [-0.15, -0.1) is 0 Å². The van der Waals surface area contributed by atoms with Gasteiger partial charge in [-0.05, 0) is 37.1 Å². The third-order valence-corrected chi connectivity index (χ3v) is 3.36. The van der Waals surface area contributed by atoms with Crippen LogP contribution >= 0.6 is 0 Å². The summed E-state index contributed by atoms with van der Waals surface area (Å²) in [5.74, 6) is 1.76. The highest BCUT2D eigenvalue weighted by Crippen LogP contribution is 2.35. The standard InChI is InChI=1S/C13H17NO2/c1-2-4-11(14-7-3-1)10-5-6-12-13(8-10)16-9-15-12/h5-6,8,11,14H,1-4,7,9H2/t11-/m1/s1. The minimum absolute atomic E-state index is 0.358. The summed E-state index contributed by atoms with van der Waals surface area (Å²) in [6, 6.07) is 6.77. The van der Waals surface area contributed by atoms with Gasteiger partial charge in [0.05, 0.1) is 0 Å². The van der Waals surface area contributed by atoms with Gasteiger partial charge in [0.15, 0.2) is 11.5 Å². The Bertz CT molecular complexity index is 370. The van der Waals surface area contributed by atoms with Gasteiger partial charge >= 0.3 is 0 Å². The van der Waals surface area contributed by atoms with E-state index in [1.54, 1.807) is 0 Å². The second kappa shape index (κ2) is 4.34. The Balaban J connectivity index is 1.82. The van der Waals surface area contributed by atoms with Crippen molar-refractivity contribution in [2.24, 2.45) is 0 Å². The SMILES string of the molecule is c1cc2c(cc1[C@H]1CCCCCN1)OCO2. The molecule has 3 heteroatoms. The summed E-state index contributed by atoms with van der Waals surface area (Å²) in [6.45, 7) is 1.48. The molecule has 1 saturated heterocycles. The van der Waals surface area contributed by atoms with E-state index < -0.39 is 0 Å². The molecule has 0 unspecified atom stereocenters. The molecule has 1 aromatic carbocycles. The van der Waals surface area contributed by atoms with Crippen LogP contribution in [0.1, 0.15) is 37.3 Å². The van der Waals surface area contributed by atoms with E-state index in [1.165, 1.54) is 31.2 Å². The van der Waals surface area contributed by atoms with Crippen molar-refractivity contribution < 1.29 is 9.47 Å². The van der Waals surface area contributed by atoms with E-state index in [4.69, 9.17) is 9.47 Å². The first-order chi connectivity index (χ1) is 7.93. The van der Waals surface area contributed by atoms with E-state index in [1.807, 2.05) is 6.07 Å². The molecule has 1 aromatic rings. The molecule has 0 spiro atoms. The number of rotatable bonds is 1. The zero-order valence-corrected chi connectivity index (χ0v) is 9.37. The molecular formula is C13H17NO2. The molecule has 3 nitrogen and oxygen atoms in total. The molecule has 86 valence electrons. The second-order valence-electron chi connectivity index (χ2n) is 4.47. The fourth-order valence-corrected chi connectivity index (χ4v) is 2.44. The molecule has 0 amide bonds. The van der Waals surface area contributed by atoms with E-state index in [0.717, 1.165) is 18.0 Å². The maximum Gasteiger partial charge on any atom is 0.231 e. The summed E-state index contributed by atoms with van der Waals surface area (Å²) < 4.78 is 10.7. The molecule has 3 rings (SSSR count). The van der Waals surface area contributed by atoms with Crippen molar-refractivity contribution in [1.29, 1.82) is 0 Å². The first-order valence-corrected chi connectivity index (χ1v) is 6.06. The largest absolute Gasteiger partial charge is 0.454 e.